The number of alkyl halides is 1. The maximum absolute atomic E-state index is 12.2. The number of piperidine rings is 1. The second kappa shape index (κ2) is 8.41. The molecule has 126 valence electrons. The lowest BCUT2D eigenvalue weighted by molar-refractivity contribution is -0.130. The van der Waals surface area contributed by atoms with Crippen molar-refractivity contribution >= 4 is 35.0 Å². The van der Waals surface area contributed by atoms with Gasteiger partial charge in [-0.3, -0.25) is 9.59 Å². The SMILES string of the molecule is CC(Oc1ccc(Cl)cc1)C(=O)NC1CCN(C(=O)CCl)CC1. The number of hydrogen-bond acceptors (Lipinski definition) is 3. The predicted molar refractivity (Wildman–Crippen MR) is 90.0 cm³/mol. The maximum Gasteiger partial charge on any atom is 0.260 e. The van der Waals surface area contributed by atoms with E-state index in [1.807, 2.05) is 0 Å². The third-order valence-corrected chi connectivity index (χ3v) is 4.28. The van der Waals surface area contributed by atoms with Crippen LogP contribution in [0.2, 0.25) is 5.02 Å². The van der Waals surface area contributed by atoms with Crippen molar-refractivity contribution in [2.24, 2.45) is 0 Å². The Morgan fingerprint density at radius 3 is 2.48 bits per heavy atom. The summed E-state index contributed by atoms with van der Waals surface area (Å²) >= 11 is 11.4. The van der Waals surface area contributed by atoms with Gasteiger partial charge in [0, 0.05) is 24.2 Å². The first-order valence-electron chi connectivity index (χ1n) is 7.56. The molecule has 1 heterocycles. The van der Waals surface area contributed by atoms with E-state index >= 15 is 0 Å². The summed E-state index contributed by atoms with van der Waals surface area (Å²) in [6.45, 7) is 2.93. The van der Waals surface area contributed by atoms with Gasteiger partial charge in [-0.25, -0.2) is 0 Å². The number of carbonyl (C=O) groups is 2. The van der Waals surface area contributed by atoms with Gasteiger partial charge in [0.1, 0.15) is 11.6 Å². The molecule has 1 atom stereocenters. The Labute approximate surface area is 145 Å². The molecule has 1 aromatic rings. The average Bonchev–Trinajstić information content (AvgIpc) is 2.56. The molecule has 2 rings (SSSR count). The van der Waals surface area contributed by atoms with Crippen molar-refractivity contribution in [3.63, 3.8) is 0 Å². The van der Waals surface area contributed by atoms with E-state index in [9.17, 15) is 9.59 Å². The van der Waals surface area contributed by atoms with E-state index < -0.39 is 6.10 Å². The van der Waals surface area contributed by atoms with E-state index in [1.54, 1.807) is 36.1 Å². The Bertz CT molecular complexity index is 543. The summed E-state index contributed by atoms with van der Waals surface area (Å²) in [5.41, 5.74) is 0. The highest BCUT2D eigenvalue weighted by Gasteiger charge is 2.25. The fraction of sp³-hybridized carbons (Fsp3) is 0.500. The summed E-state index contributed by atoms with van der Waals surface area (Å²) in [6, 6.07) is 6.93. The van der Waals surface area contributed by atoms with Crippen LogP contribution in [0, 0.1) is 0 Å². The van der Waals surface area contributed by atoms with Crippen LogP contribution in [0.15, 0.2) is 24.3 Å². The number of carbonyl (C=O) groups excluding carboxylic acids is 2. The van der Waals surface area contributed by atoms with Crippen LogP contribution in [0.5, 0.6) is 5.75 Å². The molecule has 0 spiro atoms. The van der Waals surface area contributed by atoms with Crippen LogP contribution in [0.3, 0.4) is 0 Å². The summed E-state index contributed by atoms with van der Waals surface area (Å²) in [5, 5.41) is 3.59. The van der Waals surface area contributed by atoms with E-state index in [0.29, 0.717) is 23.9 Å². The van der Waals surface area contributed by atoms with Gasteiger partial charge in [-0.15, -0.1) is 11.6 Å². The van der Waals surface area contributed by atoms with Gasteiger partial charge in [0.25, 0.3) is 5.91 Å². The molecule has 1 fully saturated rings. The minimum atomic E-state index is -0.598. The highest BCUT2D eigenvalue weighted by molar-refractivity contribution is 6.30. The van der Waals surface area contributed by atoms with E-state index in [2.05, 4.69) is 5.32 Å². The number of benzene rings is 1. The lowest BCUT2D eigenvalue weighted by Crippen LogP contribution is -2.49. The summed E-state index contributed by atoms with van der Waals surface area (Å²) in [6.07, 6.45) is 0.850. The van der Waals surface area contributed by atoms with Crippen molar-refractivity contribution in [1.82, 2.24) is 10.2 Å². The van der Waals surface area contributed by atoms with Gasteiger partial charge in [-0.1, -0.05) is 11.6 Å². The Morgan fingerprint density at radius 1 is 1.30 bits per heavy atom. The topological polar surface area (TPSA) is 58.6 Å². The zero-order chi connectivity index (χ0) is 16.8. The second-order valence-corrected chi connectivity index (χ2v) is 6.21. The Kier molecular flexibility index (Phi) is 6.54. The molecule has 1 N–H and O–H groups in total. The normalized spacial score (nSPS) is 16.7. The lowest BCUT2D eigenvalue weighted by Gasteiger charge is -2.32. The number of rotatable bonds is 5. The van der Waals surface area contributed by atoms with Gasteiger partial charge in [-0.2, -0.15) is 0 Å². The van der Waals surface area contributed by atoms with Crippen molar-refractivity contribution in [2.75, 3.05) is 19.0 Å². The van der Waals surface area contributed by atoms with Gasteiger partial charge in [0.15, 0.2) is 6.10 Å². The van der Waals surface area contributed by atoms with Gasteiger partial charge in [0.2, 0.25) is 5.91 Å². The predicted octanol–water partition coefficient (Wildman–Crippen LogP) is 2.45. The van der Waals surface area contributed by atoms with E-state index in [1.165, 1.54) is 0 Å². The molecule has 23 heavy (non-hydrogen) atoms. The number of hydrogen-bond donors (Lipinski definition) is 1. The third-order valence-electron chi connectivity index (χ3n) is 3.80. The fourth-order valence-corrected chi connectivity index (χ4v) is 2.74. The average molecular weight is 359 g/mol. The van der Waals surface area contributed by atoms with Gasteiger partial charge >= 0.3 is 0 Å². The van der Waals surface area contributed by atoms with E-state index in [-0.39, 0.29) is 23.7 Å². The third kappa shape index (κ3) is 5.29. The lowest BCUT2D eigenvalue weighted by atomic mass is 10.0. The number of likely N-dealkylation sites (tertiary alicyclic amines) is 1. The van der Waals surface area contributed by atoms with Crippen molar-refractivity contribution in [1.29, 1.82) is 0 Å². The molecule has 0 aliphatic carbocycles. The van der Waals surface area contributed by atoms with Crippen molar-refractivity contribution in [2.45, 2.75) is 31.9 Å². The second-order valence-electron chi connectivity index (χ2n) is 5.51. The van der Waals surface area contributed by atoms with Crippen LogP contribution in [0.1, 0.15) is 19.8 Å². The quantitative estimate of drug-likeness (QED) is 0.822. The van der Waals surface area contributed by atoms with Crippen LogP contribution in [-0.4, -0.2) is 47.8 Å². The molecule has 0 bridgehead atoms. The number of nitrogens with zero attached hydrogens (tertiary/aromatic N) is 1. The number of amides is 2. The minimum Gasteiger partial charge on any atom is -0.481 e. The van der Waals surface area contributed by atoms with Crippen LogP contribution in [0.4, 0.5) is 0 Å². The Morgan fingerprint density at radius 2 is 1.91 bits per heavy atom. The van der Waals surface area contributed by atoms with Crippen LogP contribution >= 0.6 is 23.2 Å². The molecule has 0 radical (unpaired) electrons. The summed E-state index contributed by atoms with van der Waals surface area (Å²) in [4.78, 5) is 25.4. The molecule has 2 amide bonds. The summed E-state index contributed by atoms with van der Waals surface area (Å²) in [5.74, 6) is 0.376. The maximum atomic E-state index is 12.2. The van der Waals surface area contributed by atoms with E-state index in [0.717, 1.165) is 12.8 Å². The molecule has 7 heteroatoms. The molecule has 1 saturated heterocycles. The highest BCUT2D eigenvalue weighted by Crippen LogP contribution is 2.17. The molecule has 1 aliphatic rings. The standard InChI is InChI=1S/C16H20Cl2N2O3/c1-11(23-14-4-2-12(18)3-5-14)16(22)19-13-6-8-20(9-7-13)15(21)10-17/h2-5,11,13H,6-10H2,1H3,(H,19,22). The molecule has 0 aromatic heterocycles. The Hall–Kier alpha value is -1.46. The number of nitrogens with one attached hydrogen (secondary N) is 1. The molecule has 1 unspecified atom stereocenters. The Balaban J connectivity index is 1.78. The van der Waals surface area contributed by atoms with Crippen LogP contribution in [-0.2, 0) is 9.59 Å². The molecule has 1 aromatic carbocycles. The first kappa shape index (κ1) is 17.9. The molecule has 0 saturated carbocycles. The van der Waals surface area contributed by atoms with Crippen molar-refractivity contribution in [3.8, 4) is 5.75 Å². The molecular weight excluding hydrogens is 339 g/mol. The van der Waals surface area contributed by atoms with Gasteiger partial charge in [-0.05, 0) is 44.0 Å². The molecular formula is C16H20Cl2N2O3. The molecule has 1 aliphatic heterocycles. The van der Waals surface area contributed by atoms with Crippen LogP contribution in [0.25, 0.3) is 0 Å². The minimum absolute atomic E-state index is 0.00297. The first-order valence-corrected chi connectivity index (χ1v) is 8.47. The largest absolute Gasteiger partial charge is 0.481 e. The monoisotopic (exact) mass is 358 g/mol. The highest BCUT2D eigenvalue weighted by atomic mass is 35.5. The van der Waals surface area contributed by atoms with Crippen molar-refractivity contribution in [3.05, 3.63) is 29.3 Å². The zero-order valence-corrected chi connectivity index (χ0v) is 14.4. The number of ether oxygens (including phenoxy) is 1. The smallest absolute Gasteiger partial charge is 0.260 e. The zero-order valence-electron chi connectivity index (χ0n) is 12.9. The van der Waals surface area contributed by atoms with Gasteiger partial charge < -0.3 is 15.0 Å². The number of halogens is 2. The first-order chi connectivity index (χ1) is 11.0. The van der Waals surface area contributed by atoms with Gasteiger partial charge in [0.05, 0.1) is 0 Å². The van der Waals surface area contributed by atoms with Crippen LogP contribution < -0.4 is 10.1 Å². The fourth-order valence-electron chi connectivity index (χ4n) is 2.45. The summed E-state index contributed by atoms with van der Waals surface area (Å²) in [7, 11) is 0. The molecule has 5 nitrogen and oxygen atoms in total. The van der Waals surface area contributed by atoms with E-state index in [4.69, 9.17) is 27.9 Å². The summed E-state index contributed by atoms with van der Waals surface area (Å²) < 4.78 is 5.60. The van der Waals surface area contributed by atoms with Crippen molar-refractivity contribution < 1.29 is 14.3 Å².